The molecule has 0 bridgehead atoms. The summed E-state index contributed by atoms with van der Waals surface area (Å²) in [4.78, 5) is 33.6. The van der Waals surface area contributed by atoms with Crippen LogP contribution < -0.4 is 5.56 Å². The van der Waals surface area contributed by atoms with Crippen molar-refractivity contribution in [2.75, 3.05) is 6.54 Å². The number of amides is 1. The number of nitrogens with zero attached hydrogens (tertiary/aromatic N) is 3. The Hall–Kier alpha value is -3.80. The summed E-state index contributed by atoms with van der Waals surface area (Å²) in [5.74, 6) is -0.547. The van der Waals surface area contributed by atoms with Gasteiger partial charge in [-0.25, -0.2) is 9.37 Å². The third kappa shape index (κ3) is 4.49. The average molecular weight is 458 g/mol. The maximum Gasteiger partial charge on any atom is 0.266 e. The van der Waals surface area contributed by atoms with Crippen LogP contribution in [0.3, 0.4) is 0 Å². The van der Waals surface area contributed by atoms with E-state index in [-0.39, 0.29) is 11.1 Å². The first kappa shape index (κ1) is 23.4. The predicted octanol–water partition coefficient (Wildman–Crippen LogP) is 5.84. The highest BCUT2D eigenvalue weighted by Gasteiger charge is 2.28. The van der Waals surface area contributed by atoms with Gasteiger partial charge in [-0.1, -0.05) is 55.3 Å². The third-order valence-electron chi connectivity index (χ3n) is 6.05. The molecule has 0 N–H and O–H groups in total. The van der Waals surface area contributed by atoms with Crippen molar-refractivity contribution in [1.82, 2.24) is 14.5 Å². The van der Waals surface area contributed by atoms with E-state index >= 15 is 0 Å². The summed E-state index contributed by atoms with van der Waals surface area (Å²) in [5.41, 5.74) is 2.11. The number of para-hydroxylation sites is 1. The van der Waals surface area contributed by atoms with E-state index in [4.69, 9.17) is 4.98 Å². The van der Waals surface area contributed by atoms with Gasteiger partial charge in [-0.3, -0.25) is 14.2 Å². The number of aryl methyl sites for hydroxylation is 1. The molecule has 6 heteroatoms. The Bertz CT molecular complexity index is 1380. The lowest BCUT2D eigenvalue weighted by molar-refractivity contribution is 0.0673. The lowest BCUT2D eigenvalue weighted by atomic mass is 10.1. The molecule has 3 aromatic carbocycles. The summed E-state index contributed by atoms with van der Waals surface area (Å²) in [6.07, 6.45) is 1.61. The molecule has 4 rings (SSSR count). The summed E-state index contributed by atoms with van der Waals surface area (Å²) in [6, 6.07) is 20.2. The van der Waals surface area contributed by atoms with Crippen LogP contribution in [0.25, 0.3) is 16.6 Å². The van der Waals surface area contributed by atoms with Gasteiger partial charge in [0, 0.05) is 6.54 Å². The van der Waals surface area contributed by atoms with Gasteiger partial charge < -0.3 is 4.90 Å². The second-order valence-electron chi connectivity index (χ2n) is 8.47. The molecule has 0 saturated heterocycles. The number of rotatable bonds is 7. The van der Waals surface area contributed by atoms with Gasteiger partial charge in [0.15, 0.2) is 0 Å². The van der Waals surface area contributed by atoms with Gasteiger partial charge in [0.1, 0.15) is 11.6 Å². The molecule has 0 aliphatic carbocycles. The van der Waals surface area contributed by atoms with Crippen molar-refractivity contribution in [2.24, 2.45) is 0 Å². The number of hydrogen-bond acceptors (Lipinski definition) is 3. The van der Waals surface area contributed by atoms with Crippen LogP contribution >= 0.6 is 0 Å². The first-order chi connectivity index (χ1) is 16.4. The van der Waals surface area contributed by atoms with E-state index in [9.17, 15) is 14.0 Å². The average Bonchev–Trinajstić information content (AvgIpc) is 2.85. The van der Waals surface area contributed by atoms with Crippen molar-refractivity contribution in [3.63, 3.8) is 0 Å². The smallest absolute Gasteiger partial charge is 0.266 e. The fourth-order valence-electron chi connectivity index (χ4n) is 4.10. The Morgan fingerprint density at radius 1 is 1.03 bits per heavy atom. The molecule has 0 aliphatic heterocycles. The molecule has 0 saturated carbocycles. The topological polar surface area (TPSA) is 55.2 Å². The number of hydrogen-bond donors (Lipinski definition) is 0. The Labute approximate surface area is 198 Å². The van der Waals surface area contributed by atoms with Gasteiger partial charge in [0.2, 0.25) is 0 Å². The van der Waals surface area contributed by atoms with E-state index in [1.165, 1.54) is 12.1 Å². The molecule has 1 unspecified atom stereocenters. The molecule has 0 radical (unpaired) electrons. The largest absolute Gasteiger partial charge is 0.329 e. The first-order valence-electron chi connectivity index (χ1n) is 11.6. The minimum atomic E-state index is -0.572. The van der Waals surface area contributed by atoms with Crippen molar-refractivity contribution < 1.29 is 9.18 Å². The zero-order valence-electron chi connectivity index (χ0n) is 19.7. The summed E-state index contributed by atoms with van der Waals surface area (Å²) >= 11 is 0. The van der Waals surface area contributed by atoms with E-state index in [0.29, 0.717) is 29.0 Å². The summed E-state index contributed by atoms with van der Waals surface area (Å²) in [7, 11) is 0. The molecule has 0 spiro atoms. The highest BCUT2D eigenvalue weighted by molar-refractivity contribution is 5.94. The standard InChI is InChI=1S/C28H28FN3O2/c1-4-5-18-31(27(33)22-10-6-8-12-24(22)29)20(3)26-30-25-13-9-7-11-23(25)28(34)32(26)21-16-14-19(2)15-17-21/h6-17,20H,4-5,18H2,1-3H3. The maximum atomic E-state index is 14.5. The van der Waals surface area contributed by atoms with Crippen molar-refractivity contribution in [3.05, 3.63) is 106 Å². The minimum absolute atomic E-state index is 0.00970. The predicted molar refractivity (Wildman–Crippen MR) is 133 cm³/mol. The Kier molecular flexibility index (Phi) is 6.87. The zero-order valence-corrected chi connectivity index (χ0v) is 19.7. The molecular weight excluding hydrogens is 429 g/mol. The maximum absolute atomic E-state index is 14.5. The van der Waals surface area contributed by atoms with E-state index in [1.807, 2.05) is 57.2 Å². The Morgan fingerprint density at radius 2 is 1.71 bits per heavy atom. The van der Waals surface area contributed by atoms with Gasteiger partial charge in [-0.15, -0.1) is 0 Å². The van der Waals surface area contributed by atoms with Crippen LogP contribution in [-0.2, 0) is 0 Å². The number of fused-ring (bicyclic) bond motifs is 1. The highest BCUT2D eigenvalue weighted by atomic mass is 19.1. The number of unbranched alkanes of at least 4 members (excludes halogenated alkanes) is 1. The Morgan fingerprint density at radius 3 is 2.41 bits per heavy atom. The fourth-order valence-corrected chi connectivity index (χ4v) is 4.10. The summed E-state index contributed by atoms with van der Waals surface area (Å²) in [5, 5.41) is 0.500. The second-order valence-corrected chi connectivity index (χ2v) is 8.47. The molecule has 34 heavy (non-hydrogen) atoms. The second kappa shape index (κ2) is 10.00. The monoisotopic (exact) mass is 457 g/mol. The van der Waals surface area contributed by atoms with Crippen molar-refractivity contribution in [1.29, 1.82) is 0 Å². The molecular formula is C28H28FN3O2. The van der Waals surface area contributed by atoms with Gasteiger partial charge in [-0.2, -0.15) is 0 Å². The van der Waals surface area contributed by atoms with E-state index < -0.39 is 17.8 Å². The van der Waals surface area contributed by atoms with Gasteiger partial charge in [0.25, 0.3) is 11.5 Å². The Balaban J connectivity index is 1.91. The van der Waals surface area contributed by atoms with Gasteiger partial charge >= 0.3 is 0 Å². The van der Waals surface area contributed by atoms with Crippen LogP contribution in [0.1, 0.15) is 54.5 Å². The normalized spacial score (nSPS) is 12.0. The highest BCUT2D eigenvalue weighted by Crippen LogP contribution is 2.25. The quantitative estimate of drug-likeness (QED) is 0.350. The van der Waals surface area contributed by atoms with Crippen LogP contribution in [-0.4, -0.2) is 26.9 Å². The van der Waals surface area contributed by atoms with E-state index in [1.54, 1.807) is 33.7 Å². The molecule has 0 fully saturated rings. The molecule has 4 aromatic rings. The fraction of sp³-hybridized carbons (Fsp3) is 0.250. The number of halogens is 1. The van der Waals surface area contributed by atoms with Crippen molar-refractivity contribution >= 4 is 16.8 Å². The van der Waals surface area contributed by atoms with Crippen LogP contribution in [0.4, 0.5) is 4.39 Å². The lowest BCUT2D eigenvalue weighted by Crippen LogP contribution is -2.38. The third-order valence-corrected chi connectivity index (χ3v) is 6.05. The number of carbonyl (C=O) groups is 1. The SMILES string of the molecule is CCCCN(C(=O)c1ccccc1F)C(C)c1nc2ccccc2c(=O)n1-c1ccc(C)cc1. The molecule has 1 atom stereocenters. The van der Waals surface area contributed by atoms with Crippen molar-refractivity contribution in [3.8, 4) is 5.69 Å². The molecule has 174 valence electrons. The molecule has 0 aliphatic rings. The van der Waals surface area contributed by atoms with E-state index in [0.717, 1.165) is 18.4 Å². The van der Waals surface area contributed by atoms with Gasteiger partial charge in [0.05, 0.1) is 28.2 Å². The van der Waals surface area contributed by atoms with Gasteiger partial charge in [-0.05, 0) is 56.7 Å². The zero-order chi connectivity index (χ0) is 24.2. The molecule has 1 heterocycles. The minimum Gasteiger partial charge on any atom is -0.329 e. The summed E-state index contributed by atoms with van der Waals surface area (Å²) in [6.45, 7) is 6.28. The van der Waals surface area contributed by atoms with Crippen LogP contribution in [0.5, 0.6) is 0 Å². The van der Waals surface area contributed by atoms with Crippen molar-refractivity contribution in [2.45, 2.75) is 39.7 Å². The number of benzene rings is 3. The molecule has 5 nitrogen and oxygen atoms in total. The number of carbonyl (C=O) groups excluding carboxylic acids is 1. The lowest BCUT2D eigenvalue weighted by Gasteiger charge is -2.31. The molecule has 1 aromatic heterocycles. The van der Waals surface area contributed by atoms with E-state index in [2.05, 4.69) is 0 Å². The summed E-state index contributed by atoms with van der Waals surface area (Å²) < 4.78 is 16.1. The van der Waals surface area contributed by atoms with Crippen LogP contribution in [0, 0.1) is 12.7 Å². The van der Waals surface area contributed by atoms with Crippen LogP contribution in [0.15, 0.2) is 77.6 Å². The van der Waals surface area contributed by atoms with Crippen LogP contribution in [0.2, 0.25) is 0 Å². The first-order valence-corrected chi connectivity index (χ1v) is 11.6. The number of aromatic nitrogens is 2. The molecule has 1 amide bonds.